The number of halogens is 1. The van der Waals surface area contributed by atoms with Crippen molar-refractivity contribution in [3.05, 3.63) is 29.8 Å². The number of hydrogen-bond acceptors (Lipinski definition) is 4. The number of hydrogen-bond donors (Lipinski definition) is 2. The molecular formula is C14H24FN3O. The molecule has 0 amide bonds. The first kappa shape index (κ1) is 16.0. The first-order valence-corrected chi connectivity index (χ1v) is 6.59. The summed E-state index contributed by atoms with van der Waals surface area (Å²) in [5.74, 6) is -0.0285. The lowest BCUT2D eigenvalue weighted by atomic mass is 9.97. The van der Waals surface area contributed by atoms with Crippen LogP contribution in [0.3, 0.4) is 0 Å². The molecule has 1 rings (SSSR count). The van der Waals surface area contributed by atoms with Gasteiger partial charge in [-0.05, 0) is 39.1 Å². The zero-order valence-electron chi connectivity index (χ0n) is 12.1. The molecule has 2 N–H and O–H groups in total. The second kappa shape index (κ2) is 7.53. The fourth-order valence-corrected chi connectivity index (χ4v) is 2.17. The Hall–Kier alpha value is -1.04. The summed E-state index contributed by atoms with van der Waals surface area (Å²) in [6.45, 7) is 5.07. The Bertz CT molecular complexity index is 371. The molecule has 5 heteroatoms. The SMILES string of the molecule is CNC(c1ccc(F)cn1)C(C)CN(C)C(C)CO. The summed E-state index contributed by atoms with van der Waals surface area (Å²) >= 11 is 0. The normalized spacial score (nSPS) is 16.4. The summed E-state index contributed by atoms with van der Waals surface area (Å²) in [7, 11) is 3.86. The molecule has 108 valence electrons. The predicted molar refractivity (Wildman–Crippen MR) is 74.3 cm³/mol. The zero-order valence-corrected chi connectivity index (χ0v) is 12.1. The van der Waals surface area contributed by atoms with Crippen LogP contribution < -0.4 is 5.32 Å². The van der Waals surface area contributed by atoms with Crippen LogP contribution in [0, 0.1) is 11.7 Å². The van der Waals surface area contributed by atoms with Gasteiger partial charge in [-0.25, -0.2) is 4.39 Å². The van der Waals surface area contributed by atoms with Crippen LogP contribution in [0.15, 0.2) is 18.3 Å². The van der Waals surface area contributed by atoms with Crippen LogP contribution in [0.4, 0.5) is 4.39 Å². The number of nitrogens with one attached hydrogen (secondary N) is 1. The van der Waals surface area contributed by atoms with Crippen LogP contribution in [0.5, 0.6) is 0 Å². The Morgan fingerprint density at radius 2 is 2.11 bits per heavy atom. The largest absolute Gasteiger partial charge is 0.395 e. The third kappa shape index (κ3) is 4.53. The number of likely N-dealkylation sites (N-methyl/N-ethyl adjacent to an activating group) is 1. The maximum atomic E-state index is 12.9. The molecule has 1 aromatic heterocycles. The lowest BCUT2D eigenvalue weighted by Crippen LogP contribution is -2.39. The molecule has 0 aromatic carbocycles. The summed E-state index contributed by atoms with van der Waals surface area (Å²) < 4.78 is 12.9. The standard InChI is InChI=1S/C14H24FN3O/c1-10(8-18(4)11(2)9-19)14(16-3)13-6-5-12(15)7-17-13/h5-7,10-11,14,16,19H,8-9H2,1-4H3. The molecule has 0 fully saturated rings. The average molecular weight is 269 g/mol. The van der Waals surface area contributed by atoms with Gasteiger partial charge in [-0.1, -0.05) is 6.92 Å². The summed E-state index contributed by atoms with van der Waals surface area (Å²) in [5, 5.41) is 12.4. The summed E-state index contributed by atoms with van der Waals surface area (Å²) in [5.41, 5.74) is 0.835. The second-order valence-electron chi connectivity index (χ2n) is 5.12. The molecule has 0 saturated carbocycles. The Labute approximate surface area is 114 Å². The van der Waals surface area contributed by atoms with Gasteiger partial charge in [0.2, 0.25) is 0 Å². The number of aromatic nitrogens is 1. The van der Waals surface area contributed by atoms with Crippen molar-refractivity contribution in [2.75, 3.05) is 27.2 Å². The number of pyridine rings is 1. The van der Waals surface area contributed by atoms with Gasteiger partial charge in [0.15, 0.2) is 0 Å². The summed E-state index contributed by atoms with van der Waals surface area (Å²) in [6, 6.07) is 3.33. The molecule has 0 aliphatic heterocycles. The zero-order chi connectivity index (χ0) is 14.4. The van der Waals surface area contributed by atoms with Crippen LogP contribution in [0.1, 0.15) is 25.6 Å². The number of aliphatic hydroxyl groups excluding tert-OH is 1. The van der Waals surface area contributed by atoms with E-state index in [1.807, 2.05) is 21.0 Å². The van der Waals surface area contributed by atoms with Gasteiger partial charge in [0.05, 0.1) is 24.5 Å². The van der Waals surface area contributed by atoms with Crippen molar-refractivity contribution in [1.82, 2.24) is 15.2 Å². The number of nitrogens with zero attached hydrogens (tertiary/aromatic N) is 2. The van der Waals surface area contributed by atoms with Gasteiger partial charge >= 0.3 is 0 Å². The molecule has 4 nitrogen and oxygen atoms in total. The third-order valence-electron chi connectivity index (χ3n) is 3.54. The number of aliphatic hydroxyl groups is 1. The Morgan fingerprint density at radius 3 is 2.58 bits per heavy atom. The van der Waals surface area contributed by atoms with Gasteiger partial charge in [0, 0.05) is 12.6 Å². The predicted octanol–water partition coefficient (Wildman–Crippen LogP) is 1.43. The Kier molecular flexibility index (Phi) is 6.34. The maximum absolute atomic E-state index is 12.9. The van der Waals surface area contributed by atoms with Crippen LogP contribution in [0.2, 0.25) is 0 Å². The van der Waals surface area contributed by atoms with Crippen molar-refractivity contribution >= 4 is 0 Å². The second-order valence-corrected chi connectivity index (χ2v) is 5.12. The topological polar surface area (TPSA) is 48.4 Å². The highest BCUT2D eigenvalue weighted by Crippen LogP contribution is 2.21. The van der Waals surface area contributed by atoms with E-state index in [0.29, 0.717) is 5.92 Å². The van der Waals surface area contributed by atoms with Crippen LogP contribution in [0.25, 0.3) is 0 Å². The monoisotopic (exact) mass is 269 g/mol. The molecule has 0 bridgehead atoms. The minimum Gasteiger partial charge on any atom is -0.395 e. The lowest BCUT2D eigenvalue weighted by molar-refractivity contribution is 0.137. The summed E-state index contributed by atoms with van der Waals surface area (Å²) in [4.78, 5) is 6.25. The smallest absolute Gasteiger partial charge is 0.141 e. The van der Waals surface area contributed by atoms with Crippen molar-refractivity contribution in [1.29, 1.82) is 0 Å². The van der Waals surface area contributed by atoms with Crippen LogP contribution >= 0.6 is 0 Å². The number of rotatable bonds is 7. The molecule has 3 atom stereocenters. The van der Waals surface area contributed by atoms with E-state index in [4.69, 9.17) is 5.11 Å². The fraction of sp³-hybridized carbons (Fsp3) is 0.643. The molecule has 3 unspecified atom stereocenters. The maximum Gasteiger partial charge on any atom is 0.141 e. The minimum absolute atomic E-state index is 0.0638. The van der Waals surface area contributed by atoms with E-state index >= 15 is 0 Å². The molecule has 0 spiro atoms. The van der Waals surface area contributed by atoms with E-state index in [0.717, 1.165) is 12.2 Å². The highest BCUT2D eigenvalue weighted by Gasteiger charge is 2.21. The van der Waals surface area contributed by atoms with Crippen molar-refractivity contribution in [3.63, 3.8) is 0 Å². The van der Waals surface area contributed by atoms with Gasteiger partial charge in [-0.3, -0.25) is 4.98 Å². The van der Waals surface area contributed by atoms with Crippen molar-refractivity contribution in [3.8, 4) is 0 Å². The molecule has 1 heterocycles. The van der Waals surface area contributed by atoms with Gasteiger partial charge in [0.1, 0.15) is 5.82 Å². The molecule has 19 heavy (non-hydrogen) atoms. The molecule has 0 saturated heterocycles. The van der Waals surface area contributed by atoms with Crippen molar-refractivity contribution < 1.29 is 9.50 Å². The lowest BCUT2D eigenvalue weighted by Gasteiger charge is -2.30. The van der Waals surface area contributed by atoms with E-state index in [1.165, 1.54) is 12.3 Å². The Balaban J connectivity index is 2.71. The molecule has 0 aliphatic carbocycles. The molecule has 1 aromatic rings. The van der Waals surface area contributed by atoms with E-state index in [1.54, 1.807) is 6.07 Å². The first-order chi connectivity index (χ1) is 8.99. The van der Waals surface area contributed by atoms with Crippen molar-refractivity contribution in [2.45, 2.75) is 25.9 Å². The van der Waals surface area contributed by atoms with E-state index < -0.39 is 0 Å². The van der Waals surface area contributed by atoms with Gasteiger partial charge in [-0.2, -0.15) is 0 Å². The van der Waals surface area contributed by atoms with Crippen LogP contribution in [-0.4, -0.2) is 48.3 Å². The van der Waals surface area contributed by atoms with E-state index in [-0.39, 0.29) is 24.5 Å². The quantitative estimate of drug-likeness (QED) is 0.786. The van der Waals surface area contributed by atoms with E-state index in [9.17, 15) is 4.39 Å². The summed E-state index contributed by atoms with van der Waals surface area (Å²) in [6.07, 6.45) is 1.24. The first-order valence-electron chi connectivity index (χ1n) is 6.59. The molecule has 0 aliphatic rings. The average Bonchev–Trinajstić information content (AvgIpc) is 2.40. The highest BCUT2D eigenvalue weighted by molar-refractivity contribution is 5.10. The van der Waals surface area contributed by atoms with Gasteiger partial charge in [0.25, 0.3) is 0 Å². The van der Waals surface area contributed by atoms with Gasteiger partial charge in [-0.15, -0.1) is 0 Å². The molecule has 0 radical (unpaired) electrons. The highest BCUT2D eigenvalue weighted by atomic mass is 19.1. The fourth-order valence-electron chi connectivity index (χ4n) is 2.17. The van der Waals surface area contributed by atoms with Gasteiger partial charge < -0.3 is 15.3 Å². The Morgan fingerprint density at radius 1 is 1.42 bits per heavy atom. The van der Waals surface area contributed by atoms with Crippen LogP contribution in [-0.2, 0) is 0 Å². The minimum atomic E-state index is -0.322. The van der Waals surface area contributed by atoms with E-state index in [2.05, 4.69) is 22.1 Å². The third-order valence-corrected chi connectivity index (χ3v) is 3.54. The molecular weight excluding hydrogens is 245 g/mol. The van der Waals surface area contributed by atoms with Crippen molar-refractivity contribution in [2.24, 2.45) is 5.92 Å².